The summed E-state index contributed by atoms with van der Waals surface area (Å²) in [5.74, 6) is -0.291. The SMILES string of the molecule is CC(C)(C)OC(=O)N1CC2CC1C2C(=O)OCCCO. The van der Waals surface area contributed by atoms with Crippen molar-refractivity contribution in [2.45, 2.75) is 45.3 Å². The summed E-state index contributed by atoms with van der Waals surface area (Å²) >= 11 is 0. The molecule has 1 amide bonds. The summed E-state index contributed by atoms with van der Waals surface area (Å²) in [6.45, 7) is 6.29. The number of amides is 1. The van der Waals surface area contributed by atoms with Crippen molar-refractivity contribution >= 4 is 12.1 Å². The van der Waals surface area contributed by atoms with Crippen molar-refractivity contribution in [1.82, 2.24) is 4.90 Å². The Labute approximate surface area is 119 Å². The lowest BCUT2D eigenvalue weighted by atomic mass is 9.74. The van der Waals surface area contributed by atoms with E-state index in [-0.39, 0.29) is 43.2 Å². The third-order valence-corrected chi connectivity index (χ3v) is 3.75. The van der Waals surface area contributed by atoms with Crippen molar-refractivity contribution in [3.63, 3.8) is 0 Å². The van der Waals surface area contributed by atoms with Crippen LogP contribution in [-0.4, -0.2) is 53.5 Å². The predicted molar refractivity (Wildman–Crippen MR) is 71.0 cm³/mol. The van der Waals surface area contributed by atoms with Gasteiger partial charge in [-0.15, -0.1) is 0 Å². The third kappa shape index (κ3) is 3.06. The van der Waals surface area contributed by atoms with Gasteiger partial charge in [0.15, 0.2) is 0 Å². The highest BCUT2D eigenvalue weighted by Crippen LogP contribution is 2.47. The molecule has 2 heterocycles. The number of aliphatic hydroxyl groups excluding tert-OH is 1. The molecule has 0 aromatic carbocycles. The molecule has 2 aliphatic heterocycles. The molecule has 3 unspecified atom stereocenters. The molecule has 6 heteroatoms. The molecule has 2 saturated heterocycles. The van der Waals surface area contributed by atoms with Crippen LogP contribution in [0.25, 0.3) is 0 Å². The van der Waals surface area contributed by atoms with Crippen LogP contribution in [0.5, 0.6) is 0 Å². The van der Waals surface area contributed by atoms with Crippen LogP contribution in [0.2, 0.25) is 0 Å². The first-order chi connectivity index (χ1) is 9.33. The molecule has 3 aliphatic rings. The maximum Gasteiger partial charge on any atom is 0.410 e. The molecule has 6 nitrogen and oxygen atoms in total. The second kappa shape index (κ2) is 5.60. The van der Waals surface area contributed by atoms with Gasteiger partial charge in [0.2, 0.25) is 0 Å². The maximum absolute atomic E-state index is 12.0. The fourth-order valence-corrected chi connectivity index (χ4v) is 2.83. The fourth-order valence-electron chi connectivity index (χ4n) is 2.83. The molecule has 114 valence electrons. The molecular formula is C14H23NO5. The Morgan fingerprint density at radius 1 is 1.35 bits per heavy atom. The van der Waals surface area contributed by atoms with Gasteiger partial charge in [-0.25, -0.2) is 4.79 Å². The molecule has 2 bridgehead atoms. The predicted octanol–water partition coefficient (Wildman–Crippen LogP) is 1.17. The second-order valence-corrected chi connectivity index (χ2v) is 6.47. The van der Waals surface area contributed by atoms with Gasteiger partial charge in [0, 0.05) is 25.6 Å². The van der Waals surface area contributed by atoms with Crippen molar-refractivity contribution in [3.8, 4) is 0 Å². The normalized spacial score (nSPS) is 28.0. The van der Waals surface area contributed by atoms with Gasteiger partial charge in [-0.05, 0) is 33.1 Å². The molecule has 1 saturated carbocycles. The van der Waals surface area contributed by atoms with Crippen LogP contribution in [-0.2, 0) is 14.3 Å². The Balaban J connectivity index is 1.87. The summed E-state index contributed by atoms with van der Waals surface area (Å²) in [5.41, 5.74) is -0.527. The van der Waals surface area contributed by atoms with E-state index in [4.69, 9.17) is 14.6 Å². The Kier molecular flexibility index (Phi) is 4.22. The standard InChI is InChI=1S/C14H23NO5/c1-14(2,3)20-13(18)15-8-9-7-10(15)11(9)12(17)19-6-4-5-16/h9-11,16H,4-8H2,1-3H3. The van der Waals surface area contributed by atoms with Crippen LogP contribution in [0.4, 0.5) is 4.79 Å². The quantitative estimate of drug-likeness (QED) is 0.620. The van der Waals surface area contributed by atoms with Crippen LogP contribution >= 0.6 is 0 Å². The number of nitrogens with zero attached hydrogens (tertiary/aromatic N) is 1. The number of aliphatic hydroxyl groups is 1. The molecule has 0 aromatic heterocycles. The first-order valence-electron chi connectivity index (χ1n) is 7.10. The summed E-state index contributed by atoms with van der Waals surface area (Å²) in [4.78, 5) is 25.6. The van der Waals surface area contributed by atoms with Crippen molar-refractivity contribution in [2.75, 3.05) is 19.8 Å². The van der Waals surface area contributed by atoms with Gasteiger partial charge in [0.05, 0.1) is 12.5 Å². The average Bonchev–Trinajstić information content (AvgIpc) is 2.85. The highest BCUT2D eigenvalue weighted by Gasteiger charge is 2.58. The Morgan fingerprint density at radius 3 is 2.65 bits per heavy atom. The van der Waals surface area contributed by atoms with Crippen LogP contribution in [0.1, 0.15) is 33.6 Å². The Hall–Kier alpha value is -1.30. The topological polar surface area (TPSA) is 76.1 Å². The maximum atomic E-state index is 12.0. The van der Waals surface area contributed by atoms with E-state index in [1.165, 1.54) is 0 Å². The van der Waals surface area contributed by atoms with E-state index in [9.17, 15) is 9.59 Å². The number of hydrogen-bond donors (Lipinski definition) is 1. The Morgan fingerprint density at radius 2 is 2.05 bits per heavy atom. The number of ether oxygens (including phenoxy) is 2. The van der Waals surface area contributed by atoms with Crippen LogP contribution in [0, 0.1) is 11.8 Å². The summed E-state index contributed by atoms with van der Waals surface area (Å²) in [6.07, 6.45) is 0.943. The minimum Gasteiger partial charge on any atom is -0.465 e. The molecule has 0 radical (unpaired) electrons. The lowest BCUT2D eigenvalue weighted by Crippen LogP contribution is -2.47. The smallest absolute Gasteiger partial charge is 0.410 e. The molecule has 1 N–H and O–H groups in total. The highest BCUT2D eigenvalue weighted by atomic mass is 16.6. The van der Waals surface area contributed by atoms with E-state index in [0.29, 0.717) is 13.0 Å². The minimum absolute atomic E-state index is 0.00877. The van der Waals surface area contributed by atoms with Gasteiger partial charge >= 0.3 is 12.1 Å². The average molecular weight is 285 g/mol. The molecule has 3 atom stereocenters. The largest absolute Gasteiger partial charge is 0.465 e. The molecule has 20 heavy (non-hydrogen) atoms. The lowest BCUT2D eigenvalue weighted by molar-refractivity contribution is -0.154. The van der Waals surface area contributed by atoms with E-state index < -0.39 is 5.60 Å². The third-order valence-electron chi connectivity index (χ3n) is 3.75. The van der Waals surface area contributed by atoms with Gasteiger partial charge in [-0.3, -0.25) is 4.79 Å². The molecule has 3 fully saturated rings. The molecule has 0 aromatic rings. The zero-order valence-electron chi connectivity index (χ0n) is 12.3. The number of esters is 1. The number of carbonyl (C=O) groups excluding carboxylic acids is 2. The summed E-state index contributed by atoms with van der Waals surface area (Å²) in [5, 5.41) is 8.67. The van der Waals surface area contributed by atoms with Gasteiger partial charge in [0.25, 0.3) is 0 Å². The van der Waals surface area contributed by atoms with Gasteiger partial charge in [-0.1, -0.05) is 0 Å². The first kappa shape index (κ1) is 15.1. The second-order valence-electron chi connectivity index (χ2n) is 6.47. The van der Waals surface area contributed by atoms with Crippen LogP contribution < -0.4 is 0 Å². The molecule has 1 aliphatic carbocycles. The van der Waals surface area contributed by atoms with Crippen molar-refractivity contribution in [2.24, 2.45) is 11.8 Å². The van der Waals surface area contributed by atoms with Gasteiger partial charge in [0.1, 0.15) is 5.60 Å². The number of carbonyl (C=O) groups is 2. The van der Waals surface area contributed by atoms with E-state index in [1.54, 1.807) is 4.90 Å². The van der Waals surface area contributed by atoms with E-state index in [0.717, 1.165) is 6.42 Å². The van der Waals surface area contributed by atoms with Crippen LogP contribution in [0.3, 0.4) is 0 Å². The van der Waals surface area contributed by atoms with E-state index in [2.05, 4.69) is 0 Å². The summed E-state index contributed by atoms with van der Waals surface area (Å²) in [6, 6.07) is -0.0866. The summed E-state index contributed by atoms with van der Waals surface area (Å²) < 4.78 is 10.5. The van der Waals surface area contributed by atoms with Crippen LogP contribution in [0.15, 0.2) is 0 Å². The van der Waals surface area contributed by atoms with Gasteiger partial charge in [-0.2, -0.15) is 0 Å². The highest BCUT2D eigenvalue weighted by molar-refractivity contribution is 5.79. The van der Waals surface area contributed by atoms with Crippen molar-refractivity contribution in [3.05, 3.63) is 0 Å². The number of hydrogen-bond acceptors (Lipinski definition) is 5. The monoisotopic (exact) mass is 285 g/mol. The van der Waals surface area contributed by atoms with E-state index in [1.807, 2.05) is 20.8 Å². The fraction of sp³-hybridized carbons (Fsp3) is 0.857. The number of fused-ring (bicyclic) bond motifs is 1. The zero-order valence-corrected chi connectivity index (χ0v) is 12.3. The van der Waals surface area contributed by atoms with E-state index >= 15 is 0 Å². The first-order valence-corrected chi connectivity index (χ1v) is 7.10. The van der Waals surface area contributed by atoms with Crippen molar-refractivity contribution < 1.29 is 24.2 Å². The molecular weight excluding hydrogens is 262 g/mol. The van der Waals surface area contributed by atoms with Gasteiger partial charge < -0.3 is 19.5 Å². The molecule has 0 spiro atoms. The number of rotatable bonds is 4. The zero-order chi connectivity index (χ0) is 14.9. The Bertz CT molecular complexity index is 390. The molecule has 3 rings (SSSR count). The van der Waals surface area contributed by atoms with Crippen molar-refractivity contribution in [1.29, 1.82) is 0 Å². The lowest BCUT2D eigenvalue weighted by Gasteiger charge is -2.34. The summed E-state index contributed by atoms with van der Waals surface area (Å²) in [7, 11) is 0. The minimum atomic E-state index is -0.527.